The van der Waals surface area contributed by atoms with Crippen molar-refractivity contribution in [1.82, 2.24) is 29.3 Å². The van der Waals surface area contributed by atoms with Crippen molar-refractivity contribution in [3.63, 3.8) is 0 Å². The van der Waals surface area contributed by atoms with E-state index in [0.717, 1.165) is 15.3 Å². The molecule has 4 rings (SSSR count). The third-order valence-electron chi connectivity index (χ3n) is 5.35. The van der Waals surface area contributed by atoms with E-state index in [1.165, 1.54) is 6.92 Å². The van der Waals surface area contributed by atoms with Gasteiger partial charge in [-0.3, -0.25) is 4.98 Å². The van der Waals surface area contributed by atoms with E-state index >= 15 is 8.78 Å². The molecule has 178 valence electrons. The number of fused-ring (bicyclic) bond motifs is 3. The van der Waals surface area contributed by atoms with Crippen LogP contribution in [-0.4, -0.2) is 40.6 Å². The lowest BCUT2D eigenvalue weighted by Gasteiger charge is -2.32. The van der Waals surface area contributed by atoms with Gasteiger partial charge in [0.1, 0.15) is 11.4 Å². The molecule has 0 bridgehead atoms. The van der Waals surface area contributed by atoms with Gasteiger partial charge >= 0.3 is 18.3 Å². The molecule has 2 atom stereocenters. The molecule has 0 saturated carbocycles. The first-order valence-electron chi connectivity index (χ1n) is 9.29. The maximum atomic E-state index is 15.1. The van der Waals surface area contributed by atoms with E-state index < -0.39 is 52.8 Å². The van der Waals surface area contributed by atoms with E-state index in [0.29, 0.717) is 19.1 Å². The van der Waals surface area contributed by atoms with Crippen LogP contribution in [0.4, 0.5) is 35.1 Å². The number of rotatable bonds is 3. The van der Waals surface area contributed by atoms with Crippen molar-refractivity contribution >= 4 is 0 Å². The third kappa shape index (κ3) is 3.45. The zero-order valence-corrected chi connectivity index (χ0v) is 16.7. The van der Waals surface area contributed by atoms with Gasteiger partial charge in [-0.25, -0.2) is 4.98 Å². The molecule has 1 aliphatic rings. The molecule has 1 N–H and O–H groups in total. The topological polar surface area (TPSA) is 81.7 Å². The summed E-state index contributed by atoms with van der Waals surface area (Å²) in [4.78, 5) is 6.87. The van der Waals surface area contributed by atoms with Gasteiger partial charge in [-0.05, 0) is 26.0 Å². The van der Waals surface area contributed by atoms with Crippen LogP contribution in [0.15, 0.2) is 24.5 Å². The van der Waals surface area contributed by atoms with Gasteiger partial charge in [0.2, 0.25) is 11.4 Å². The van der Waals surface area contributed by atoms with Crippen LogP contribution in [-0.2, 0) is 24.2 Å². The Hall–Kier alpha value is -3.10. The fourth-order valence-corrected chi connectivity index (χ4v) is 3.56. The summed E-state index contributed by atoms with van der Waals surface area (Å²) in [6.07, 6.45) is -8.62. The predicted octanol–water partition coefficient (Wildman–Crippen LogP) is 4.04. The van der Waals surface area contributed by atoms with Gasteiger partial charge in [-0.15, -0.1) is 10.2 Å². The maximum Gasteiger partial charge on any atom is 0.424 e. The second-order valence-electron chi connectivity index (χ2n) is 7.72. The van der Waals surface area contributed by atoms with Crippen LogP contribution in [0.3, 0.4) is 0 Å². The van der Waals surface area contributed by atoms with Gasteiger partial charge in [-0.1, -0.05) is 0 Å². The number of halogens is 8. The van der Waals surface area contributed by atoms with E-state index in [1.54, 1.807) is 0 Å². The first kappa shape index (κ1) is 23.1. The van der Waals surface area contributed by atoms with Crippen LogP contribution in [0.25, 0.3) is 11.5 Å². The first-order chi connectivity index (χ1) is 15.1. The molecule has 0 amide bonds. The second kappa shape index (κ2) is 6.95. The van der Waals surface area contributed by atoms with Crippen molar-refractivity contribution in [3.05, 3.63) is 47.4 Å². The zero-order chi connectivity index (χ0) is 24.6. The average molecular weight is 482 g/mol. The van der Waals surface area contributed by atoms with Crippen molar-refractivity contribution in [3.8, 4) is 11.5 Å². The van der Waals surface area contributed by atoms with Gasteiger partial charge in [0.15, 0.2) is 11.6 Å². The Morgan fingerprint density at radius 3 is 2.15 bits per heavy atom. The number of nitrogens with zero attached hydrogens (tertiary/aromatic N) is 6. The van der Waals surface area contributed by atoms with Crippen molar-refractivity contribution < 1.29 is 40.2 Å². The summed E-state index contributed by atoms with van der Waals surface area (Å²) in [5.74, 6) is -5.90. The van der Waals surface area contributed by atoms with Gasteiger partial charge < -0.3 is 14.2 Å². The van der Waals surface area contributed by atoms with Crippen LogP contribution in [0.5, 0.6) is 0 Å². The van der Waals surface area contributed by atoms with E-state index in [2.05, 4.69) is 20.2 Å². The van der Waals surface area contributed by atoms with Crippen LogP contribution in [0.1, 0.15) is 42.8 Å². The van der Waals surface area contributed by atoms with Crippen molar-refractivity contribution in [1.29, 1.82) is 0 Å². The van der Waals surface area contributed by atoms with E-state index in [4.69, 9.17) is 0 Å². The number of aliphatic hydroxyl groups is 1. The molecule has 0 radical (unpaired) electrons. The normalized spacial score (nSPS) is 18.6. The van der Waals surface area contributed by atoms with Crippen molar-refractivity contribution in [2.75, 3.05) is 0 Å². The molecule has 3 aromatic rings. The van der Waals surface area contributed by atoms with Gasteiger partial charge in [0.05, 0.1) is 17.8 Å². The molecule has 0 aliphatic carbocycles. The molecule has 3 aromatic heterocycles. The van der Waals surface area contributed by atoms with Gasteiger partial charge in [0.25, 0.3) is 0 Å². The first-order valence-corrected chi connectivity index (χ1v) is 9.29. The molecular weight excluding hydrogens is 468 g/mol. The van der Waals surface area contributed by atoms with Crippen molar-refractivity contribution in [2.45, 2.75) is 50.3 Å². The molecule has 0 saturated heterocycles. The van der Waals surface area contributed by atoms with Crippen molar-refractivity contribution in [2.24, 2.45) is 0 Å². The van der Waals surface area contributed by atoms with Crippen LogP contribution in [0.2, 0.25) is 0 Å². The third-order valence-corrected chi connectivity index (χ3v) is 5.35. The molecule has 0 fully saturated rings. The lowest BCUT2D eigenvalue weighted by Crippen LogP contribution is -2.43. The Labute approximate surface area is 179 Å². The zero-order valence-electron chi connectivity index (χ0n) is 16.7. The monoisotopic (exact) mass is 482 g/mol. The Bertz CT molecular complexity index is 1190. The van der Waals surface area contributed by atoms with E-state index in [1.807, 2.05) is 0 Å². The van der Waals surface area contributed by atoms with E-state index in [-0.39, 0.29) is 24.3 Å². The minimum absolute atomic E-state index is 0.0943. The lowest BCUT2D eigenvalue weighted by atomic mass is 10.0. The minimum atomic E-state index is -5.06. The second-order valence-corrected chi connectivity index (χ2v) is 7.72. The summed E-state index contributed by atoms with van der Waals surface area (Å²) < 4.78 is 110. The van der Waals surface area contributed by atoms with Crippen LogP contribution in [0, 0.1) is 0 Å². The Morgan fingerprint density at radius 1 is 0.939 bits per heavy atom. The average Bonchev–Trinajstić information content (AvgIpc) is 3.31. The number of aromatic nitrogens is 6. The standard InChI is InChI=1S/C18H14F8N6O/c1-8-7-31-12(10-6-28-13(32(8)10)15(2,33)18(24,25)26)29-30-14(31)16(19,20)11-4-3-9(5-27-11)17(21,22)23/h3-6,8,33H,7H2,1-2H3/t8-,15+/m0/s1. The number of imidazole rings is 1. The number of hydrogen-bond donors (Lipinski definition) is 1. The smallest absolute Gasteiger partial charge is 0.374 e. The fourth-order valence-electron chi connectivity index (χ4n) is 3.56. The number of alkyl halides is 8. The van der Waals surface area contributed by atoms with Crippen LogP contribution >= 0.6 is 0 Å². The molecule has 1 aliphatic heterocycles. The summed E-state index contributed by atoms with van der Waals surface area (Å²) in [5.41, 5.74) is -5.65. The summed E-state index contributed by atoms with van der Waals surface area (Å²) in [6, 6.07) is 0.0805. The highest BCUT2D eigenvalue weighted by atomic mass is 19.4. The maximum absolute atomic E-state index is 15.1. The highest BCUT2D eigenvalue weighted by molar-refractivity contribution is 5.53. The summed E-state index contributed by atoms with van der Waals surface area (Å²) in [6.45, 7) is 1.62. The molecule has 33 heavy (non-hydrogen) atoms. The molecule has 0 spiro atoms. The Balaban J connectivity index is 1.78. The minimum Gasteiger partial charge on any atom is -0.374 e. The van der Waals surface area contributed by atoms with E-state index in [9.17, 15) is 31.4 Å². The lowest BCUT2D eigenvalue weighted by molar-refractivity contribution is -0.262. The number of hydrogen-bond acceptors (Lipinski definition) is 5. The molecular formula is C18H14F8N6O. The quantitative estimate of drug-likeness (QED) is 0.570. The summed E-state index contributed by atoms with van der Waals surface area (Å²) >= 11 is 0. The molecule has 15 heteroatoms. The summed E-state index contributed by atoms with van der Waals surface area (Å²) in [5, 5.41) is 17.1. The van der Waals surface area contributed by atoms with Gasteiger partial charge in [0, 0.05) is 12.7 Å². The Kier molecular flexibility index (Phi) is 4.86. The summed E-state index contributed by atoms with van der Waals surface area (Å²) in [7, 11) is 0. The molecule has 7 nitrogen and oxygen atoms in total. The highest BCUT2D eigenvalue weighted by Gasteiger charge is 2.55. The van der Waals surface area contributed by atoms with Crippen LogP contribution < -0.4 is 0 Å². The predicted molar refractivity (Wildman–Crippen MR) is 93.8 cm³/mol. The SMILES string of the molecule is C[C@H]1Cn2c(nnc2C(F)(F)c2ccc(C(F)(F)F)cn2)-c2cnc([C@@](C)(O)C(F)(F)F)n21. The fraction of sp³-hybridized carbons (Fsp3) is 0.444. The molecule has 0 unspecified atom stereocenters. The van der Waals surface area contributed by atoms with Gasteiger partial charge in [-0.2, -0.15) is 35.1 Å². The Morgan fingerprint density at radius 2 is 1.61 bits per heavy atom. The molecule has 4 heterocycles. The highest BCUT2D eigenvalue weighted by Crippen LogP contribution is 2.43. The largest absolute Gasteiger partial charge is 0.424 e. The number of pyridine rings is 1. The molecule has 0 aromatic carbocycles.